The Hall–Kier alpha value is -1.87. The number of aryl methyl sites for hydroxylation is 1. The molecule has 0 radical (unpaired) electrons. The molecule has 0 heterocycles. The normalized spacial score (nSPS) is 10.6. The number of ether oxygens (including phenoxy) is 1. The zero-order valence-corrected chi connectivity index (χ0v) is 11.9. The first kappa shape index (κ1) is 14.5. The first-order valence-electron chi connectivity index (χ1n) is 6.78. The number of halogens is 1. The van der Waals surface area contributed by atoms with E-state index in [1.165, 1.54) is 24.3 Å². The Balaban J connectivity index is 1.83. The highest BCUT2D eigenvalue weighted by molar-refractivity contribution is 5.29. The van der Waals surface area contributed by atoms with Crippen LogP contribution < -0.4 is 10.1 Å². The molecule has 0 unspecified atom stereocenters. The molecule has 0 aliphatic carbocycles. The molecule has 0 atom stereocenters. The van der Waals surface area contributed by atoms with Gasteiger partial charge in [0.15, 0.2) is 0 Å². The molecule has 0 aliphatic heterocycles. The van der Waals surface area contributed by atoms with Crippen LogP contribution in [0.15, 0.2) is 42.5 Å². The summed E-state index contributed by atoms with van der Waals surface area (Å²) in [6.45, 7) is 3.47. The standard InChI is InChI=1S/C17H20FNO/c1-13-5-3-4-6-14(13)9-10-19-12-15-7-8-16(20-2)11-17(15)18/h3-8,11,19H,9-10,12H2,1-2H3. The van der Waals surface area contributed by atoms with E-state index >= 15 is 0 Å². The van der Waals surface area contributed by atoms with Gasteiger partial charge in [-0.05, 0) is 37.1 Å². The summed E-state index contributed by atoms with van der Waals surface area (Å²) in [7, 11) is 1.54. The molecule has 3 heteroatoms. The fourth-order valence-electron chi connectivity index (χ4n) is 2.14. The van der Waals surface area contributed by atoms with Crippen molar-refractivity contribution in [2.24, 2.45) is 0 Å². The second-order valence-corrected chi connectivity index (χ2v) is 4.81. The van der Waals surface area contributed by atoms with Crippen molar-refractivity contribution in [2.45, 2.75) is 19.9 Å². The van der Waals surface area contributed by atoms with Crippen molar-refractivity contribution < 1.29 is 9.13 Å². The van der Waals surface area contributed by atoms with E-state index in [0.717, 1.165) is 13.0 Å². The smallest absolute Gasteiger partial charge is 0.131 e. The molecule has 0 bridgehead atoms. The molecular formula is C17H20FNO. The average molecular weight is 273 g/mol. The van der Waals surface area contributed by atoms with Crippen molar-refractivity contribution in [3.8, 4) is 5.75 Å². The Bertz CT molecular complexity index is 569. The number of hydrogen-bond acceptors (Lipinski definition) is 2. The Morgan fingerprint density at radius 3 is 2.60 bits per heavy atom. The van der Waals surface area contributed by atoms with Gasteiger partial charge in [-0.1, -0.05) is 30.3 Å². The molecule has 2 aromatic carbocycles. The molecule has 0 saturated carbocycles. The Morgan fingerprint density at radius 2 is 1.90 bits per heavy atom. The van der Waals surface area contributed by atoms with Crippen molar-refractivity contribution in [3.05, 3.63) is 65.0 Å². The van der Waals surface area contributed by atoms with Crippen LogP contribution in [0.3, 0.4) is 0 Å². The first-order chi connectivity index (χ1) is 9.70. The van der Waals surface area contributed by atoms with Gasteiger partial charge in [-0.2, -0.15) is 0 Å². The van der Waals surface area contributed by atoms with E-state index in [1.807, 2.05) is 12.1 Å². The second-order valence-electron chi connectivity index (χ2n) is 4.81. The molecule has 2 nitrogen and oxygen atoms in total. The summed E-state index contributed by atoms with van der Waals surface area (Å²) in [6, 6.07) is 13.3. The van der Waals surface area contributed by atoms with Crippen LogP contribution in [0.5, 0.6) is 5.75 Å². The van der Waals surface area contributed by atoms with Crippen molar-refractivity contribution >= 4 is 0 Å². The number of hydrogen-bond donors (Lipinski definition) is 1. The number of benzene rings is 2. The van der Waals surface area contributed by atoms with Gasteiger partial charge in [0.1, 0.15) is 11.6 Å². The van der Waals surface area contributed by atoms with Gasteiger partial charge in [0.25, 0.3) is 0 Å². The molecule has 0 saturated heterocycles. The van der Waals surface area contributed by atoms with Gasteiger partial charge >= 0.3 is 0 Å². The summed E-state index contributed by atoms with van der Waals surface area (Å²) in [5.74, 6) is 0.318. The molecular weight excluding hydrogens is 253 g/mol. The molecule has 20 heavy (non-hydrogen) atoms. The summed E-state index contributed by atoms with van der Waals surface area (Å²) in [5, 5.41) is 3.27. The van der Waals surface area contributed by atoms with E-state index in [4.69, 9.17) is 4.74 Å². The topological polar surface area (TPSA) is 21.3 Å². The van der Waals surface area contributed by atoms with Gasteiger partial charge < -0.3 is 10.1 Å². The third-order valence-corrected chi connectivity index (χ3v) is 3.41. The molecule has 2 aromatic rings. The quantitative estimate of drug-likeness (QED) is 0.814. The van der Waals surface area contributed by atoms with Crippen LogP contribution in [0.2, 0.25) is 0 Å². The minimum absolute atomic E-state index is 0.229. The minimum atomic E-state index is -0.229. The Kier molecular flexibility index (Phi) is 5.13. The average Bonchev–Trinajstić information content (AvgIpc) is 2.46. The fourth-order valence-corrected chi connectivity index (χ4v) is 2.14. The Labute approximate surface area is 119 Å². The van der Waals surface area contributed by atoms with Crippen molar-refractivity contribution in [2.75, 3.05) is 13.7 Å². The predicted octanol–water partition coefficient (Wildman–Crippen LogP) is 3.48. The summed E-state index contributed by atoms with van der Waals surface area (Å²) >= 11 is 0. The van der Waals surface area contributed by atoms with Gasteiger partial charge in [-0.15, -0.1) is 0 Å². The number of methoxy groups -OCH3 is 1. The zero-order chi connectivity index (χ0) is 14.4. The van der Waals surface area contributed by atoms with Gasteiger partial charge in [0, 0.05) is 18.2 Å². The summed E-state index contributed by atoms with van der Waals surface area (Å²) in [4.78, 5) is 0. The molecule has 0 spiro atoms. The molecule has 2 rings (SSSR count). The van der Waals surface area contributed by atoms with Gasteiger partial charge in [-0.25, -0.2) is 4.39 Å². The predicted molar refractivity (Wildman–Crippen MR) is 79.5 cm³/mol. The summed E-state index contributed by atoms with van der Waals surface area (Å²) in [5.41, 5.74) is 3.29. The van der Waals surface area contributed by atoms with Crippen LogP contribution >= 0.6 is 0 Å². The maximum atomic E-state index is 13.7. The van der Waals surface area contributed by atoms with Crippen LogP contribution in [0.1, 0.15) is 16.7 Å². The molecule has 106 valence electrons. The van der Waals surface area contributed by atoms with E-state index in [0.29, 0.717) is 17.9 Å². The molecule has 0 fully saturated rings. The van der Waals surface area contributed by atoms with E-state index in [-0.39, 0.29) is 5.82 Å². The lowest BCUT2D eigenvalue weighted by molar-refractivity contribution is 0.410. The molecule has 1 N–H and O–H groups in total. The van der Waals surface area contributed by atoms with Crippen LogP contribution in [-0.2, 0) is 13.0 Å². The van der Waals surface area contributed by atoms with Crippen LogP contribution in [-0.4, -0.2) is 13.7 Å². The molecule has 0 aromatic heterocycles. The highest BCUT2D eigenvalue weighted by atomic mass is 19.1. The monoisotopic (exact) mass is 273 g/mol. The lowest BCUT2D eigenvalue weighted by atomic mass is 10.1. The van der Waals surface area contributed by atoms with Gasteiger partial charge in [0.2, 0.25) is 0 Å². The molecule has 0 aliphatic rings. The lowest BCUT2D eigenvalue weighted by Gasteiger charge is -2.09. The third-order valence-electron chi connectivity index (χ3n) is 3.41. The van der Waals surface area contributed by atoms with E-state index in [9.17, 15) is 4.39 Å². The summed E-state index contributed by atoms with van der Waals surface area (Å²) < 4.78 is 18.7. The third kappa shape index (κ3) is 3.81. The van der Waals surface area contributed by atoms with Gasteiger partial charge in [0.05, 0.1) is 7.11 Å². The van der Waals surface area contributed by atoms with Gasteiger partial charge in [-0.3, -0.25) is 0 Å². The van der Waals surface area contributed by atoms with Crippen molar-refractivity contribution in [1.82, 2.24) is 5.32 Å². The maximum absolute atomic E-state index is 13.7. The van der Waals surface area contributed by atoms with Crippen LogP contribution in [0, 0.1) is 12.7 Å². The number of nitrogens with one attached hydrogen (secondary N) is 1. The van der Waals surface area contributed by atoms with E-state index < -0.39 is 0 Å². The SMILES string of the molecule is COc1ccc(CNCCc2ccccc2C)c(F)c1. The first-order valence-corrected chi connectivity index (χ1v) is 6.78. The fraction of sp³-hybridized carbons (Fsp3) is 0.294. The minimum Gasteiger partial charge on any atom is -0.497 e. The van der Waals surface area contributed by atoms with Crippen molar-refractivity contribution in [1.29, 1.82) is 0 Å². The van der Waals surface area contributed by atoms with Crippen molar-refractivity contribution in [3.63, 3.8) is 0 Å². The molecule has 0 amide bonds. The Morgan fingerprint density at radius 1 is 1.10 bits per heavy atom. The highest BCUT2D eigenvalue weighted by Crippen LogP contribution is 2.16. The van der Waals surface area contributed by atoms with Crippen LogP contribution in [0.25, 0.3) is 0 Å². The highest BCUT2D eigenvalue weighted by Gasteiger charge is 2.03. The van der Waals surface area contributed by atoms with E-state index in [1.54, 1.807) is 12.1 Å². The van der Waals surface area contributed by atoms with Crippen LogP contribution in [0.4, 0.5) is 4.39 Å². The summed E-state index contributed by atoms with van der Waals surface area (Å²) in [6.07, 6.45) is 0.949. The lowest BCUT2D eigenvalue weighted by Crippen LogP contribution is -2.17. The second kappa shape index (κ2) is 7.06. The van der Waals surface area contributed by atoms with E-state index in [2.05, 4.69) is 24.4 Å². The maximum Gasteiger partial charge on any atom is 0.131 e. The number of rotatable bonds is 6. The largest absolute Gasteiger partial charge is 0.497 e. The zero-order valence-electron chi connectivity index (χ0n) is 11.9.